The van der Waals surface area contributed by atoms with Gasteiger partial charge in [-0.2, -0.15) is 5.10 Å². The first-order chi connectivity index (χ1) is 11.0. The van der Waals surface area contributed by atoms with Crippen molar-refractivity contribution in [1.82, 2.24) is 14.7 Å². The Morgan fingerprint density at radius 2 is 2.13 bits per heavy atom. The third-order valence-electron chi connectivity index (χ3n) is 3.31. The Balaban J connectivity index is 1.93. The molecule has 0 spiro atoms. The Labute approximate surface area is 135 Å². The number of rotatable bonds is 7. The van der Waals surface area contributed by atoms with E-state index in [1.807, 2.05) is 25.2 Å². The predicted octanol–water partition coefficient (Wildman–Crippen LogP) is 1.51. The van der Waals surface area contributed by atoms with Gasteiger partial charge in [-0.05, 0) is 19.2 Å². The topological polar surface area (TPSA) is 68.6 Å². The zero-order valence-electron chi connectivity index (χ0n) is 13.9. The van der Waals surface area contributed by atoms with E-state index in [1.54, 1.807) is 43.3 Å². The highest BCUT2D eigenvalue weighted by molar-refractivity contribution is 5.93. The fourth-order valence-electron chi connectivity index (χ4n) is 2.26. The van der Waals surface area contributed by atoms with E-state index in [9.17, 15) is 4.79 Å². The number of anilines is 1. The normalized spacial score (nSPS) is 10.7. The summed E-state index contributed by atoms with van der Waals surface area (Å²) in [5, 5.41) is 6.97. The second kappa shape index (κ2) is 7.64. The number of nitrogens with zero attached hydrogens (tertiary/aromatic N) is 3. The lowest BCUT2D eigenvalue weighted by atomic mass is 10.2. The zero-order valence-corrected chi connectivity index (χ0v) is 13.9. The number of amides is 1. The molecular formula is C16H22N4O3. The first-order valence-corrected chi connectivity index (χ1v) is 7.19. The quantitative estimate of drug-likeness (QED) is 0.838. The van der Waals surface area contributed by atoms with Gasteiger partial charge in [-0.15, -0.1) is 0 Å². The van der Waals surface area contributed by atoms with Crippen LogP contribution in [-0.4, -0.2) is 48.4 Å². The lowest BCUT2D eigenvalue weighted by Crippen LogP contribution is -2.29. The first-order valence-electron chi connectivity index (χ1n) is 7.19. The second-order valence-corrected chi connectivity index (χ2v) is 5.31. The summed E-state index contributed by atoms with van der Waals surface area (Å²) in [7, 11) is 6.89. The molecule has 0 fully saturated rings. The van der Waals surface area contributed by atoms with Crippen molar-refractivity contribution in [2.75, 3.05) is 33.1 Å². The van der Waals surface area contributed by atoms with Crippen LogP contribution in [0.4, 0.5) is 5.69 Å². The van der Waals surface area contributed by atoms with Crippen LogP contribution in [0.5, 0.6) is 11.5 Å². The molecule has 7 heteroatoms. The van der Waals surface area contributed by atoms with E-state index in [4.69, 9.17) is 9.47 Å². The molecular weight excluding hydrogens is 296 g/mol. The summed E-state index contributed by atoms with van der Waals surface area (Å²) in [6.07, 6.45) is 3.72. The van der Waals surface area contributed by atoms with E-state index in [1.165, 1.54) is 0 Å². The number of likely N-dealkylation sites (N-methyl/N-ethyl adjacent to an activating group) is 1. The van der Waals surface area contributed by atoms with E-state index < -0.39 is 0 Å². The molecule has 2 aromatic rings. The summed E-state index contributed by atoms with van der Waals surface area (Å²) < 4.78 is 12.2. The lowest BCUT2D eigenvalue weighted by molar-refractivity contribution is -0.117. The van der Waals surface area contributed by atoms with Gasteiger partial charge in [0.2, 0.25) is 5.91 Å². The molecule has 0 aliphatic rings. The number of hydrogen-bond acceptors (Lipinski definition) is 5. The fourth-order valence-corrected chi connectivity index (χ4v) is 2.26. The van der Waals surface area contributed by atoms with E-state index in [-0.39, 0.29) is 12.5 Å². The minimum Gasteiger partial charge on any atom is -0.497 e. The van der Waals surface area contributed by atoms with Crippen LogP contribution in [0, 0.1) is 0 Å². The zero-order chi connectivity index (χ0) is 16.8. The van der Waals surface area contributed by atoms with Gasteiger partial charge >= 0.3 is 0 Å². The van der Waals surface area contributed by atoms with E-state index in [0.29, 0.717) is 23.7 Å². The number of nitrogens with one attached hydrogen (secondary N) is 1. The highest BCUT2D eigenvalue weighted by Gasteiger charge is 2.11. The molecule has 1 amide bonds. The van der Waals surface area contributed by atoms with Gasteiger partial charge in [0.15, 0.2) is 0 Å². The third kappa shape index (κ3) is 4.72. The van der Waals surface area contributed by atoms with Crippen LogP contribution >= 0.6 is 0 Å². The third-order valence-corrected chi connectivity index (χ3v) is 3.31. The average molecular weight is 318 g/mol. The van der Waals surface area contributed by atoms with Crippen molar-refractivity contribution in [3.8, 4) is 11.5 Å². The number of aromatic nitrogens is 2. The number of aryl methyl sites for hydroxylation is 1. The van der Waals surface area contributed by atoms with Crippen molar-refractivity contribution in [1.29, 1.82) is 0 Å². The van der Waals surface area contributed by atoms with Gasteiger partial charge in [0.1, 0.15) is 11.5 Å². The van der Waals surface area contributed by atoms with Crippen molar-refractivity contribution >= 4 is 11.6 Å². The standard InChI is InChI=1S/C16H22N4O3/c1-19(9-12-8-17-20(2)10-12)11-16(21)18-14-6-5-13(22-3)7-15(14)23-4/h5-8,10H,9,11H2,1-4H3,(H,18,21). The molecule has 1 heterocycles. The van der Waals surface area contributed by atoms with Crippen LogP contribution in [0.3, 0.4) is 0 Å². The maximum atomic E-state index is 12.2. The van der Waals surface area contributed by atoms with Crippen LogP contribution in [0.25, 0.3) is 0 Å². The van der Waals surface area contributed by atoms with Crippen LogP contribution in [0.1, 0.15) is 5.56 Å². The maximum Gasteiger partial charge on any atom is 0.238 e. The number of ether oxygens (including phenoxy) is 2. The Hall–Kier alpha value is -2.54. The summed E-state index contributed by atoms with van der Waals surface area (Å²) in [4.78, 5) is 14.1. The van der Waals surface area contributed by atoms with Crippen molar-refractivity contribution in [3.05, 3.63) is 36.2 Å². The second-order valence-electron chi connectivity index (χ2n) is 5.31. The van der Waals surface area contributed by atoms with Gasteiger partial charge in [-0.3, -0.25) is 14.4 Å². The molecule has 0 unspecified atom stereocenters. The molecule has 124 valence electrons. The van der Waals surface area contributed by atoms with Gasteiger partial charge < -0.3 is 14.8 Å². The largest absolute Gasteiger partial charge is 0.497 e. The highest BCUT2D eigenvalue weighted by atomic mass is 16.5. The van der Waals surface area contributed by atoms with E-state index >= 15 is 0 Å². The number of carbonyl (C=O) groups excluding carboxylic acids is 1. The Kier molecular flexibility index (Phi) is 5.59. The van der Waals surface area contributed by atoms with Crippen molar-refractivity contribution in [2.24, 2.45) is 7.05 Å². The first kappa shape index (κ1) is 16.8. The summed E-state index contributed by atoms with van der Waals surface area (Å²) in [6, 6.07) is 5.27. The molecule has 23 heavy (non-hydrogen) atoms. The summed E-state index contributed by atoms with van der Waals surface area (Å²) in [5.74, 6) is 1.13. The van der Waals surface area contributed by atoms with Gasteiger partial charge in [0.25, 0.3) is 0 Å². The Morgan fingerprint density at radius 3 is 2.74 bits per heavy atom. The monoisotopic (exact) mass is 318 g/mol. The maximum absolute atomic E-state index is 12.2. The summed E-state index contributed by atoms with van der Waals surface area (Å²) in [5.41, 5.74) is 1.68. The number of benzene rings is 1. The Bertz CT molecular complexity index is 669. The van der Waals surface area contributed by atoms with Gasteiger partial charge in [0, 0.05) is 31.4 Å². The highest BCUT2D eigenvalue weighted by Crippen LogP contribution is 2.28. The molecule has 0 aliphatic carbocycles. The number of carbonyl (C=O) groups is 1. The molecule has 0 aliphatic heterocycles. The molecule has 1 aromatic heterocycles. The minimum absolute atomic E-state index is 0.111. The predicted molar refractivity (Wildman–Crippen MR) is 87.7 cm³/mol. The van der Waals surface area contributed by atoms with Crippen LogP contribution in [0.2, 0.25) is 0 Å². The Morgan fingerprint density at radius 1 is 1.35 bits per heavy atom. The number of methoxy groups -OCH3 is 2. The molecule has 0 bridgehead atoms. The van der Waals surface area contributed by atoms with E-state index in [2.05, 4.69) is 10.4 Å². The molecule has 7 nitrogen and oxygen atoms in total. The van der Waals surface area contributed by atoms with Gasteiger partial charge in [0.05, 0.1) is 32.6 Å². The molecule has 0 saturated heterocycles. The number of hydrogen-bond donors (Lipinski definition) is 1. The minimum atomic E-state index is -0.111. The SMILES string of the molecule is COc1ccc(NC(=O)CN(C)Cc2cnn(C)c2)c(OC)c1. The molecule has 1 aromatic carbocycles. The molecule has 0 saturated carbocycles. The molecule has 1 N–H and O–H groups in total. The fraction of sp³-hybridized carbons (Fsp3) is 0.375. The van der Waals surface area contributed by atoms with Crippen molar-refractivity contribution in [2.45, 2.75) is 6.54 Å². The van der Waals surface area contributed by atoms with Gasteiger partial charge in [-0.1, -0.05) is 0 Å². The summed E-state index contributed by atoms with van der Waals surface area (Å²) in [6.45, 7) is 0.922. The van der Waals surface area contributed by atoms with Crippen LogP contribution in [0.15, 0.2) is 30.6 Å². The summed E-state index contributed by atoms with van der Waals surface area (Å²) >= 11 is 0. The average Bonchev–Trinajstić information content (AvgIpc) is 2.92. The van der Waals surface area contributed by atoms with E-state index in [0.717, 1.165) is 5.56 Å². The molecule has 0 atom stereocenters. The lowest BCUT2D eigenvalue weighted by Gasteiger charge is -2.16. The van der Waals surface area contributed by atoms with Crippen molar-refractivity contribution < 1.29 is 14.3 Å². The van der Waals surface area contributed by atoms with Crippen LogP contribution < -0.4 is 14.8 Å². The van der Waals surface area contributed by atoms with Crippen LogP contribution in [-0.2, 0) is 18.4 Å². The van der Waals surface area contributed by atoms with Crippen molar-refractivity contribution in [3.63, 3.8) is 0 Å². The smallest absolute Gasteiger partial charge is 0.238 e. The molecule has 0 radical (unpaired) electrons. The van der Waals surface area contributed by atoms with Gasteiger partial charge in [-0.25, -0.2) is 0 Å². The molecule has 2 rings (SSSR count).